The van der Waals surface area contributed by atoms with Crippen molar-refractivity contribution in [1.29, 1.82) is 0 Å². The van der Waals surface area contributed by atoms with Crippen molar-refractivity contribution in [1.82, 2.24) is 5.32 Å². The molecule has 0 aliphatic heterocycles. The molecule has 3 N–H and O–H groups in total. The monoisotopic (exact) mass is 250 g/mol. The SMILES string of the molecule is CC(C)CCOCCNC(=O)c1cccc(N)c1. The molecule has 0 spiro atoms. The van der Waals surface area contributed by atoms with Crippen molar-refractivity contribution in [2.24, 2.45) is 5.92 Å². The van der Waals surface area contributed by atoms with Crippen molar-refractivity contribution < 1.29 is 9.53 Å². The Morgan fingerprint density at radius 3 is 2.83 bits per heavy atom. The largest absolute Gasteiger partial charge is 0.399 e. The standard InChI is InChI=1S/C14H22N2O2/c1-11(2)6-8-18-9-7-16-14(17)12-4-3-5-13(15)10-12/h3-5,10-11H,6-9,15H2,1-2H3,(H,16,17). The second kappa shape index (κ2) is 7.71. The van der Waals surface area contributed by atoms with Crippen LogP contribution in [-0.4, -0.2) is 25.7 Å². The second-order valence-electron chi connectivity index (χ2n) is 4.68. The number of benzene rings is 1. The number of carbonyl (C=O) groups is 1. The number of hydrogen-bond donors (Lipinski definition) is 2. The number of anilines is 1. The molecule has 1 rings (SSSR count). The first-order valence-electron chi connectivity index (χ1n) is 6.31. The maximum atomic E-state index is 11.7. The Kier molecular flexibility index (Phi) is 6.22. The van der Waals surface area contributed by atoms with Crippen LogP contribution in [0, 0.1) is 5.92 Å². The van der Waals surface area contributed by atoms with E-state index in [2.05, 4.69) is 19.2 Å². The van der Waals surface area contributed by atoms with E-state index >= 15 is 0 Å². The van der Waals surface area contributed by atoms with Crippen molar-refractivity contribution in [2.75, 3.05) is 25.5 Å². The van der Waals surface area contributed by atoms with Crippen LogP contribution in [-0.2, 0) is 4.74 Å². The van der Waals surface area contributed by atoms with Crippen molar-refractivity contribution in [3.63, 3.8) is 0 Å². The number of rotatable bonds is 7. The summed E-state index contributed by atoms with van der Waals surface area (Å²) in [5.41, 5.74) is 6.79. The molecule has 0 saturated heterocycles. The quantitative estimate of drug-likeness (QED) is 0.575. The van der Waals surface area contributed by atoms with Gasteiger partial charge in [-0.1, -0.05) is 19.9 Å². The number of nitrogens with one attached hydrogen (secondary N) is 1. The molecule has 1 amide bonds. The summed E-state index contributed by atoms with van der Waals surface area (Å²) in [5, 5.41) is 2.79. The molecule has 0 saturated carbocycles. The van der Waals surface area contributed by atoms with Gasteiger partial charge in [-0.05, 0) is 30.5 Å². The number of amides is 1. The van der Waals surface area contributed by atoms with Crippen molar-refractivity contribution in [3.8, 4) is 0 Å². The minimum absolute atomic E-state index is 0.116. The van der Waals surface area contributed by atoms with Gasteiger partial charge < -0.3 is 15.8 Å². The maximum absolute atomic E-state index is 11.7. The van der Waals surface area contributed by atoms with Crippen LogP contribution in [0.15, 0.2) is 24.3 Å². The summed E-state index contributed by atoms with van der Waals surface area (Å²) in [5.74, 6) is 0.529. The number of carbonyl (C=O) groups excluding carboxylic acids is 1. The number of nitrogens with two attached hydrogens (primary N) is 1. The van der Waals surface area contributed by atoms with Crippen molar-refractivity contribution in [2.45, 2.75) is 20.3 Å². The van der Waals surface area contributed by atoms with Gasteiger partial charge in [-0.2, -0.15) is 0 Å². The highest BCUT2D eigenvalue weighted by Gasteiger charge is 2.04. The zero-order valence-electron chi connectivity index (χ0n) is 11.1. The summed E-state index contributed by atoms with van der Waals surface area (Å²) in [6, 6.07) is 6.93. The summed E-state index contributed by atoms with van der Waals surface area (Å²) < 4.78 is 5.42. The topological polar surface area (TPSA) is 64.3 Å². The fourth-order valence-corrected chi connectivity index (χ4v) is 1.44. The second-order valence-corrected chi connectivity index (χ2v) is 4.68. The predicted octanol–water partition coefficient (Wildman–Crippen LogP) is 2.06. The minimum Gasteiger partial charge on any atom is -0.399 e. The molecule has 1 aromatic rings. The van der Waals surface area contributed by atoms with Crippen LogP contribution in [0.3, 0.4) is 0 Å². The number of hydrogen-bond acceptors (Lipinski definition) is 3. The Balaban J connectivity index is 2.18. The summed E-state index contributed by atoms with van der Waals surface area (Å²) >= 11 is 0. The van der Waals surface area contributed by atoms with E-state index in [4.69, 9.17) is 10.5 Å². The highest BCUT2D eigenvalue weighted by molar-refractivity contribution is 5.94. The Morgan fingerprint density at radius 1 is 1.39 bits per heavy atom. The van der Waals surface area contributed by atoms with E-state index in [1.54, 1.807) is 24.3 Å². The van der Waals surface area contributed by atoms with Crippen LogP contribution in [0.1, 0.15) is 30.6 Å². The highest BCUT2D eigenvalue weighted by Crippen LogP contribution is 2.05. The third-order valence-electron chi connectivity index (χ3n) is 2.52. The first-order chi connectivity index (χ1) is 8.59. The van der Waals surface area contributed by atoms with Gasteiger partial charge in [0.2, 0.25) is 0 Å². The third-order valence-corrected chi connectivity index (χ3v) is 2.52. The molecule has 0 unspecified atom stereocenters. The molecule has 0 aliphatic carbocycles. The average Bonchev–Trinajstić information content (AvgIpc) is 2.33. The maximum Gasteiger partial charge on any atom is 0.251 e. The van der Waals surface area contributed by atoms with Gasteiger partial charge in [0, 0.05) is 24.4 Å². The van der Waals surface area contributed by atoms with Gasteiger partial charge in [-0.25, -0.2) is 0 Å². The zero-order valence-corrected chi connectivity index (χ0v) is 11.1. The van der Waals surface area contributed by atoms with Gasteiger partial charge in [0.05, 0.1) is 6.61 Å². The Hall–Kier alpha value is -1.55. The molecule has 4 heteroatoms. The van der Waals surface area contributed by atoms with Crippen LogP contribution in [0.5, 0.6) is 0 Å². The van der Waals surface area contributed by atoms with E-state index in [-0.39, 0.29) is 5.91 Å². The lowest BCUT2D eigenvalue weighted by atomic mass is 10.1. The molecule has 0 heterocycles. The van der Waals surface area contributed by atoms with Crippen LogP contribution in [0.4, 0.5) is 5.69 Å². The summed E-state index contributed by atoms with van der Waals surface area (Å²) in [4.78, 5) is 11.7. The van der Waals surface area contributed by atoms with Crippen molar-refractivity contribution in [3.05, 3.63) is 29.8 Å². The van der Waals surface area contributed by atoms with Gasteiger partial charge in [-0.15, -0.1) is 0 Å². The van der Waals surface area contributed by atoms with Gasteiger partial charge in [0.15, 0.2) is 0 Å². The third kappa shape index (κ3) is 5.68. The molecule has 4 nitrogen and oxygen atoms in total. The van der Waals surface area contributed by atoms with Crippen LogP contribution < -0.4 is 11.1 Å². The molecule has 0 aromatic heterocycles. The van der Waals surface area contributed by atoms with Crippen LogP contribution >= 0.6 is 0 Å². The molecule has 100 valence electrons. The van der Waals surface area contributed by atoms with E-state index in [1.807, 2.05) is 0 Å². The molecule has 0 fully saturated rings. The smallest absolute Gasteiger partial charge is 0.251 e. The van der Waals surface area contributed by atoms with E-state index in [9.17, 15) is 4.79 Å². The molecule has 0 radical (unpaired) electrons. The van der Waals surface area contributed by atoms with E-state index in [0.717, 1.165) is 13.0 Å². The van der Waals surface area contributed by atoms with Gasteiger partial charge in [-0.3, -0.25) is 4.79 Å². The fraction of sp³-hybridized carbons (Fsp3) is 0.500. The first-order valence-corrected chi connectivity index (χ1v) is 6.31. The molecule has 0 atom stereocenters. The fourth-order valence-electron chi connectivity index (χ4n) is 1.44. The molecule has 0 bridgehead atoms. The van der Waals surface area contributed by atoms with Gasteiger partial charge >= 0.3 is 0 Å². The molecular formula is C14H22N2O2. The van der Waals surface area contributed by atoms with Gasteiger partial charge in [0.25, 0.3) is 5.91 Å². The summed E-state index contributed by atoms with van der Waals surface area (Å²) in [6.07, 6.45) is 1.04. The van der Waals surface area contributed by atoms with Crippen LogP contribution in [0.25, 0.3) is 0 Å². The molecule has 0 aliphatic rings. The summed E-state index contributed by atoms with van der Waals surface area (Å²) in [6.45, 7) is 6.12. The predicted molar refractivity (Wildman–Crippen MR) is 73.5 cm³/mol. The molecular weight excluding hydrogens is 228 g/mol. The van der Waals surface area contributed by atoms with E-state index in [1.165, 1.54) is 0 Å². The highest BCUT2D eigenvalue weighted by atomic mass is 16.5. The minimum atomic E-state index is -0.116. The van der Waals surface area contributed by atoms with Crippen molar-refractivity contribution >= 4 is 11.6 Å². The lowest BCUT2D eigenvalue weighted by Gasteiger charge is -2.08. The average molecular weight is 250 g/mol. The first kappa shape index (κ1) is 14.5. The lowest BCUT2D eigenvalue weighted by molar-refractivity contribution is 0.0906. The molecule has 18 heavy (non-hydrogen) atoms. The van der Waals surface area contributed by atoms with E-state index in [0.29, 0.717) is 30.3 Å². The Labute approximate surface area is 109 Å². The lowest BCUT2D eigenvalue weighted by Crippen LogP contribution is -2.27. The number of nitrogen functional groups attached to an aromatic ring is 1. The normalized spacial score (nSPS) is 10.6. The Bertz CT molecular complexity index is 378. The van der Waals surface area contributed by atoms with E-state index < -0.39 is 0 Å². The Morgan fingerprint density at radius 2 is 2.17 bits per heavy atom. The number of ether oxygens (including phenoxy) is 1. The summed E-state index contributed by atoms with van der Waals surface area (Å²) in [7, 11) is 0. The molecule has 1 aromatic carbocycles. The zero-order chi connectivity index (χ0) is 13.4. The van der Waals surface area contributed by atoms with Crippen LogP contribution in [0.2, 0.25) is 0 Å². The van der Waals surface area contributed by atoms with Gasteiger partial charge in [0.1, 0.15) is 0 Å².